The first kappa shape index (κ1) is 13.8. The van der Waals surface area contributed by atoms with E-state index in [-0.39, 0.29) is 29.0 Å². The number of rotatable bonds is 2. The van der Waals surface area contributed by atoms with Gasteiger partial charge in [-0.05, 0) is 25.2 Å². The molecule has 0 bridgehead atoms. The van der Waals surface area contributed by atoms with Gasteiger partial charge in [-0.25, -0.2) is 4.98 Å². The molecule has 7 nitrogen and oxygen atoms in total. The number of amides is 1. The number of carbonyl (C=O) groups is 1. The molecule has 2 N–H and O–H groups in total. The second kappa shape index (κ2) is 5.31. The van der Waals surface area contributed by atoms with E-state index >= 15 is 0 Å². The van der Waals surface area contributed by atoms with Gasteiger partial charge in [-0.1, -0.05) is 12.8 Å². The molecule has 0 radical (unpaired) electrons. The topological polar surface area (TPSA) is 102 Å². The number of hydrogen-bond donors (Lipinski definition) is 1. The van der Waals surface area contributed by atoms with Crippen molar-refractivity contribution in [3.63, 3.8) is 0 Å². The second-order valence-electron chi connectivity index (χ2n) is 5.78. The lowest BCUT2D eigenvalue weighted by Gasteiger charge is -2.31. The maximum Gasteiger partial charge on any atom is 0.288 e. The lowest BCUT2D eigenvalue weighted by Crippen LogP contribution is -2.39. The van der Waals surface area contributed by atoms with Crippen LogP contribution < -0.4 is 5.73 Å². The summed E-state index contributed by atoms with van der Waals surface area (Å²) in [7, 11) is 0. The number of fused-ring (bicyclic) bond motifs is 1. The first-order valence-corrected chi connectivity index (χ1v) is 7.29. The van der Waals surface area contributed by atoms with E-state index in [2.05, 4.69) is 4.98 Å². The number of nitrogens with zero attached hydrogens (tertiary/aromatic N) is 3. The molecule has 1 aromatic heterocycles. The molecule has 3 rings (SSSR count). The van der Waals surface area contributed by atoms with E-state index in [1.807, 2.05) is 4.90 Å². The van der Waals surface area contributed by atoms with E-state index in [0.29, 0.717) is 12.5 Å². The Balaban J connectivity index is 1.88. The van der Waals surface area contributed by atoms with Crippen molar-refractivity contribution in [2.45, 2.75) is 38.1 Å². The minimum atomic E-state index is -0.559. The van der Waals surface area contributed by atoms with Crippen LogP contribution in [0.2, 0.25) is 0 Å². The van der Waals surface area contributed by atoms with E-state index in [4.69, 9.17) is 5.73 Å². The van der Waals surface area contributed by atoms with Crippen LogP contribution in [0.1, 0.15) is 42.5 Å². The van der Waals surface area contributed by atoms with Gasteiger partial charge < -0.3 is 10.6 Å². The molecule has 0 aromatic carbocycles. The summed E-state index contributed by atoms with van der Waals surface area (Å²) in [5.74, 6) is 0.401. The molecule has 1 aliphatic heterocycles. The Kier molecular flexibility index (Phi) is 3.48. The van der Waals surface area contributed by atoms with Gasteiger partial charge >= 0.3 is 0 Å². The number of aromatic nitrogens is 1. The Morgan fingerprint density at radius 2 is 2.14 bits per heavy atom. The number of carbonyl (C=O) groups excluding carboxylic acids is 1. The summed E-state index contributed by atoms with van der Waals surface area (Å²) in [6, 6.07) is 1.49. The number of nitro groups is 1. The summed E-state index contributed by atoms with van der Waals surface area (Å²) in [4.78, 5) is 28.6. The molecule has 1 amide bonds. The van der Waals surface area contributed by atoms with E-state index in [9.17, 15) is 14.9 Å². The molecule has 2 atom stereocenters. The average Bonchev–Trinajstić information content (AvgIpc) is 2.90. The van der Waals surface area contributed by atoms with Crippen molar-refractivity contribution in [2.24, 2.45) is 5.92 Å². The second-order valence-corrected chi connectivity index (χ2v) is 5.78. The Bertz CT molecular complexity index is 590. The summed E-state index contributed by atoms with van der Waals surface area (Å²) < 4.78 is 0. The highest BCUT2D eigenvalue weighted by Gasteiger charge is 2.39. The molecular formula is C14H18N4O3. The summed E-state index contributed by atoms with van der Waals surface area (Å²) >= 11 is 0. The smallest absolute Gasteiger partial charge is 0.288 e. The third-order valence-electron chi connectivity index (χ3n) is 4.62. The number of pyridine rings is 1. The Hall–Kier alpha value is -2.18. The Labute approximate surface area is 122 Å². The molecule has 2 heterocycles. The summed E-state index contributed by atoms with van der Waals surface area (Å²) in [5.41, 5.74) is 5.69. The highest BCUT2D eigenvalue weighted by atomic mass is 16.6. The van der Waals surface area contributed by atoms with Crippen molar-refractivity contribution in [1.29, 1.82) is 0 Å². The van der Waals surface area contributed by atoms with Crippen molar-refractivity contribution in [3.05, 3.63) is 27.9 Å². The highest BCUT2D eigenvalue weighted by molar-refractivity contribution is 5.99. The quantitative estimate of drug-likeness (QED) is 0.662. The van der Waals surface area contributed by atoms with Crippen LogP contribution in [0.3, 0.4) is 0 Å². The third kappa shape index (κ3) is 2.43. The van der Waals surface area contributed by atoms with Crippen LogP contribution in [0.25, 0.3) is 0 Å². The van der Waals surface area contributed by atoms with Crippen LogP contribution in [0.4, 0.5) is 11.5 Å². The molecule has 2 fully saturated rings. The van der Waals surface area contributed by atoms with Crippen molar-refractivity contribution in [3.8, 4) is 0 Å². The fraction of sp³-hybridized carbons (Fsp3) is 0.571. The first-order chi connectivity index (χ1) is 10.1. The van der Waals surface area contributed by atoms with Gasteiger partial charge in [0.15, 0.2) is 0 Å². The van der Waals surface area contributed by atoms with Crippen LogP contribution in [-0.2, 0) is 0 Å². The standard InChI is InChI=1S/C14H18N4O3/c15-13-11(7-10(8-16-13)18(20)21)14(19)17-6-5-9-3-1-2-4-12(9)17/h7-9,12H,1-6H2,(H2,15,16). The van der Waals surface area contributed by atoms with Crippen molar-refractivity contribution < 1.29 is 9.72 Å². The number of likely N-dealkylation sites (tertiary alicyclic amines) is 1. The summed E-state index contributed by atoms with van der Waals surface area (Å²) in [6.45, 7) is 0.705. The largest absolute Gasteiger partial charge is 0.383 e. The third-order valence-corrected chi connectivity index (χ3v) is 4.62. The maximum atomic E-state index is 12.7. The van der Waals surface area contributed by atoms with E-state index < -0.39 is 4.92 Å². The maximum absolute atomic E-state index is 12.7. The number of nitrogen functional groups attached to an aromatic ring is 1. The van der Waals surface area contributed by atoms with Gasteiger partial charge in [0.1, 0.15) is 12.0 Å². The van der Waals surface area contributed by atoms with Gasteiger partial charge in [-0.2, -0.15) is 0 Å². The predicted octanol–water partition coefficient (Wildman–Crippen LogP) is 1.98. The lowest BCUT2D eigenvalue weighted by molar-refractivity contribution is -0.385. The van der Waals surface area contributed by atoms with Crippen molar-refractivity contribution >= 4 is 17.4 Å². The van der Waals surface area contributed by atoms with E-state index in [1.54, 1.807) is 0 Å². The van der Waals surface area contributed by atoms with Gasteiger partial charge in [-0.15, -0.1) is 0 Å². The van der Waals surface area contributed by atoms with Gasteiger partial charge in [0.25, 0.3) is 11.6 Å². The molecule has 1 aliphatic carbocycles. The molecule has 21 heavy (non-hydrogen) atoms. The molecular weight excluding hydrogens is 272 g/mol. The summed E-state index contributed by atoms with van der Waals surface area (Å²) in [6.07, 6.45) is 6.63. The average molecular weight is 290 g/mol. The van der Waals surface area contributed by atoms with Crippen LogP contribution in [0, 0.1) is 16.0 Å². The van der Waals surface area contributed by atoms with Crippen LogP contribution in [0.15, 0.2) is 12.3 Å². The minimum absolute atomic E-state index is 0.0601. The zero-order valence-electron chi connectivity index (χ0n) is 11.7. The molecule has 1 saturated carbocycles. The molecule has 2 unspecified atom stereocenters. The van der Waals surface area contributed by atoms with Gasteiger partial charge in [0, 0.05) is 18.7 Å². The van der Waals surface area contributed by atoms with Crippen molar-refractivity contribution in [2.75, 3.05) is 12.3 Å². The van der Waals surface area contributed by atoms with Crippen LogP contribution in [0.5, 0.6) is 0 Å². The molecule has 1 saturated heterocycles. The predicted molar refractivity (Wildman–Crippen MR) is 76.7 cm³/mol. The Morgan fingerprint density at radius 3 is 2.90 bits per heavy atom. The number of nitrogens with two attached hydrogens (primary N) is 1. The van der Waals surface area contributed by atoms with Crippen LogP contribution in [-0.4, -0.2) is 33.3 Å². The molecule has 0 spiro atoms. The SMILES string of the molecule is Nc1ncc([N+](=O)[O-])cc1C(=O)N1CCC2CCCCC21. The van der Waals surface area contributed by atoms with Gasteiger partial charge in [0.2, 0.25) is 0 Å². The Morgan fingerprint density at radius 1 is 1.38 bits per heavy atom. The minimum Gasteiger partial charge on any atom is -0.383 e. The van der Waals surface area contributed by atoms with Gasteiger partial charge in [-0.3, -0.25) is 14.9 Å². The fourth-order valence-corrected chi connectivity index (χ4v) is 3.55. The zero-order chi connectivity index (χ0) is 15.0. The summed E-state index contributed by atoms with van der Waals surface area (Å²) in [5, 5.41) is 10.8. The van der Waals surface area contributed by atoms with E-state index in [0.717, 1.165) is 31.9 Å². The molecule has 112 valence electrons. The molecule has 7 heteroatoms. The van der Waals surface area contributed by atoms with E-state index in [1.165, 1.54) is 12.5 Å². The number of anilines is 1. The zero-order valence-corrected chi connectivity index (χ0v) is 11.7. The lowest BCUT2D eigenvalue weighted by atomic mass is 9.85. The number of hydrogen-bond acceptors (Lipinski definition) is 5. The first-order valence-electron chi connectivity index (χ1n) is 7.29. The monoisotopic (exact) mass is 290 g/mol. The van der Waals surface area contributed by atoms with Gasteiger partial charge in [0.05, 0.1) is 10.5 Å². The molecule has 2 aliphatic rings. The van der Waals surface area contributed by atoms with Crippen LogP contribution >= 0.6 is 0 Å². The fourth-order valence-electron chi connectivity index (χ4n) is 3.55. The molecule has 1 aromatic rings. The van der Waals surface area contributed by atoms with Crippen molar-refractivity contribution in [1.82, 2.24) is 9.88 Å². The highest BCUT2D eigenvalue weighted by Crippen LogP contribution is 2.37. The normalized spacial score (nSPS) is 24.7.